The molecule has 2 nitrogen and oxygen atoms in total. The fourth-order valence-corrected chi connectivity index (χ4v) is 2.57. The van der Waals surface area contributed by atoms with Crippen molar-refractivity contribution < 1.29 is 0 Å². The van der Waals surface area contributed by atoms with Crippen molar-refractivity contribution in [3.63, 3.8) is 0 Å². The van der Waals surface area contributed by atoms with Crippen LogP contribution in [-0.4, -0.2) is 37.1 Å². The minimum atomic E-state index is 0.712. The normalized spacial score (nSPS) is 20.7. The summed E-state index contributed by atoms with van der Waals surface area (Å²) in [4.78, 5) is 2.56. The first kappa shape index (κ1) is 13.3. The molecule has 1 N–H and O–H groups in total. The standard InChI is InChI=1S/C16H24N2/c1-2-18(16-11-6-12-17-14-16)13-7-10-15-8-4-3-5-9-15/h3-5,7-10,16-17H,2,6,11-14H2,1H3/b10-7+. The predicted octanol–water partition coefficient (Wildman–Crippen LogP) is 2.77. The summed E-state index contributed by atoms with van der Waals surface area (Å²) >= 11 is 0. The van der Waals surface area contributed by atoms with Gasteiger partial charge in [0.1, 0.15) is 0 Å². The highest BCUT2D eigenvalue weighted by molar-refractivity contribution is 5.48. The summed E-state index contributed by atoms with van der Waals surface area (Å²) in [7, 11) is 0. The van der Waals surface area contributed by atoms with E-state index in [-0.39, 0.29) is 0 Å². The smallest absolute Gasteiger partial charge is 0.0224 e. The minimum Gasteiger partial charge on any atom is -0.315 e. The molecule has 98 valence electrons. The highest BCUT2D eigenvalue weighted by Crippen LogP contribution is 2.10. The Hall–Kier alpha value is -1.12. The molecule has 1 saturated heterocycles. The zero-order valence-electron chi connectivity index (χ0n) is 11.3. The van der Waals surface area contributed by atoms with Crippen LogP contribution in [0.15, 0.2) is 36.4 Å². The molecule has 1 aromatic carbocycles. The quantitative estimate of drug-likeness (QED) is 0.857. The third-order valence-corrected chi connectivity index (χ3v) is 3.64. The molecule has 1 aliphatic heterocycles. The second kappa shape index (κ2) is 7.34. The van der Waals surface area contributed by atoms with Gasteiger partial charge in [-0.05, 0) is 31.5 Å². The van der Waals surface area contributed by atoms with E-state index in [0.717, 1.165) is 19.6 Å². The van der Waals surface area contributed by atoms with Gasteiger partial charge in [-0.15, -0.1) is 0 Å². The van der Waals surface area contributed by atoms with Gasteiger partial charge in [0.25, 0.3) is 0 Å². The third-order valence-electron chi connectivity index (χ3n) is 3.64. The minimum absolute atomic E-state index is 0.712. The summed E-state index contributed by atoms with van der Waals surface area (Å²) in [5.41, 5.74) is 1.29. The van der Waals surface area contributed by atoms with Crippen molar-refractivity contribution in [2.24, 2.45) is 0 Å². The Kier molecular flexibility index (Phi) is 5.43. The van der Waals surface area contributed by atoms with E-state index >= 15 is 0 Å². The lowest BCUT2D eigenvalue weighted by atomic mass is 10.1. The zero-order valence-corrected chi connectivity index (χ0v) is 11.3. The average molecular weight is 244 g/mol. The first-order valence-electron chi connectivity index (χ1n) is 7.06. The topological polar surface area (TPSA) is 15.3 Å². The zero-order chi connectivity index (χ0) is 12.6. The van der Waals surface area contributed by atoms with Crippen molar-refractivity contribution in [2.45, 2.75) is 25.8 Å². The van der Waals surface area contributed by atoms with Crippen molar-refractivity contribution in [3.8, 4) is 0 Å². The molecule has 1 atom stereocenters. The van der Waals surface area contributed by atoms with Crippen LogP contribution in [0, 0.1) is 0 Å². The Morgan fingerprint density at radius 3 is 2.83 bits per heavy atom. The van der Waals surface area contributed by atoms with Gasteiger partial charge in [0.15, 0.2) is 0 Å². The molecular formula is C16H24N2. The fraction of sp³-hybridized carbons (Fsp3) is 0.500. The summed E-state index contributed by atoms with van der Waals surface area (Å²) in [6.07, 6.45) is 7.15. The molecule has 0 saturated carbocycles. The highest BCUT2D eigenvalue weighted by Gasteiger charge is 2.18. The van der Waals surface area contributed by atoms with Crippen molar-refractivity contribution in [3.05, 3.63) is 42.0 Å². The van der Waals surface area contributed by atoms with Crippen LogP contribution in [0.3, 0.4) is 0 Å². The maximum absolute atomic E-state index is 3.49. The molecule has 1 heterocycles. The second-order valence-electron chi connectivity index (χ2n) is 4.90. The number of hydrogen-bond acceptors (Lipinski definition) is 2. The van der Waals surface area contributed by atoms with E-state index in [1.807, 2.05) is 0 Å². The number of nitrogens with one attached hydrogen (secondary N) is 1. The van der Waals surface area contributed by atoms with E-state index in [2.05, 4.69) is 59.6 Å². The number of hydrogen-bond donors (Lipinski definition) is 1. The van der Waals surface area contributed by atoms with Crippen LogP contribution in [0.2, 0.25) is 0 Å². The van der Waals surface area contributed by atoms with Gasteiger partial charge in [0.05, 0.1) is 0 Å². The second-order valence-corrected chi connectivity index (χ2v) is 4.90. The third kappa shape index (κ3) is 3.97. The molecule has 0 amide bonds. The summed E-state index contributed by atoms with van der Waals surface area (Å²) in [5, 5.41) is 3.49. The molecule has 1 aliphatic rings. The Balaban J connectivity index is 1.84. The van der Waals surface area contributed by atoms with Crippen molar-refractivity contribution in [2.75, 3.05) is 26.2 Å². The molecule has 0 bridgehead atoms. The fourth-order valence-electron chi connectivity index (χ4n) is 2.57. The van der Waals surface area contributed by atoms with Crippen LogP contribution in [0.1, 0.15) is 25.3 Å². The Labute approximate surface area is 111 Å². The van der Waals surface area contributed by atoms with Crippen LogP contribution >= 0.6 is 0 Å². The van der Waals surface area contributed by atoms with E-state index in [1.165, 1.54) is 24.9 Å². The molecule has 18 heavy (non-hydrogen) atoms. The molecular weight excluding hydrogens is 220 g/mol. The molecule has 1 aromatic rings. The lowest BCUT2D eigenvalue weighted by molar-refractivity contribution is 0.192. The highest BCUT2D eigenvalue weighted by atomic mass is 15.2. The van der Waals surface area contributed by atoms with Gasteiger partial charge in [-0.25, -0.2) is 0 Å². The molecule has 2 heteroatoms. The van der Waals surface area contributed by atoms with Crippen LogP contribution in [0.4, 0.5) is 0 Å². The van der Waals surface area contributed by atoms with Gasteiger partial charge in [-0.3, -0.25) is 4.90 Å². The maximum Gasteiger partial charge on any atom is 0.0224 e. The Bertz CT molecular complexity index is 353. The van der Waals surface area contributed by atoms with Crippen molar-refractivity contribution in [1.29, 1.82) is 0 Å². The van der Waals surface area contributed by atoms with Gasteiger partial charge < -0.3 is 5.32 Å². The summed E-state index contributed by atoms with van der Waals surface area (Å²) in [5.74, 6) is 0. The van der Waals surface area contributed by atoms with E-state index in [0.29, 0.717) is 6.04 Å². The lowest BCUT2D eigenvalue weighted by Crippen LogP contribution is -2.45. The first-order valence-corrected chi connectivity index (χ1v) is 7.06. The van der Waals surface area contributed by atoms with E-state index < -0.39 is 0 Å². The van der Waals surface area contributed by atoms with Gasteiger partial charge in [0.2, 0.25) is 0 Å². The molecule has 2 rings (SSSR count). The number of benzene rings is 1. The molecule has 0 aliphatic carbocycles. The average Bonchev–Trinajstić information content (AvgIpc) is 2.46. The number of piperidine rings is 1. The van der Waals surface area contributed by atoms with E-state index in [4.69, 9.17) is 0 Å². The largest absolute Gasteiger partial charge is 0.315 e. The number of likely N-dealkylation sites (N-methyl/N-ethyl adjacent to an activating group) is 1. The molecule has 1 unspecified atom stereocenters. The van der Waals surface area contributed by atoms with Crippen molar-refractivity contribution in [1.82, 2.24) is 10.2 Å². The SMILES string of the molecule is CCN(C/C=C/c1ccccc1)C1CCCNC1. The Morgan fingerprint density at radius 2 is 2.17 bits per heavy atom. The summed E-state index contributed by atoms with van der Waals surface area (Å²) in [6.45, 7) is 6.77. The summed E-state index contributed by atoms with van der Waals surface area (Å²) < 4.78 is 0. The van der Waals surface area contributed by atoms with Crippen LogP contribution in [0.5, 0.6) is 0 Å². The monoisotopic (exact) mass is 244 g/mol. The first-order chi connectivity index (χ1) is 8.90. The lowest BCUT2D eigenvalue weighted by Gasteiger charge is -2.33. The van der Waals surface area contributed by atoms with Gasteiger partial charge in [-0.2, -0.15) is 0 Å². The maximum atomic E-state index is 3.49. The van der Waals surface area contributed by atoms with Gasteiger partial charge in [-0.1, -0.05) is 49.4 Å². The number of nitrogens with zero attached hydrogens (tertiary/aromatic N) is 1. The van der Waals surface area contributed by atoms with E-state index in [9.17, 15) is 0 Å². The van der Waals surface area contributed by atoms with Crippen LogP contribution in [0.25, 0.3) is 6.08 Å². The molecule has 0 aromatic heterocycles. The predicted molar refractivity (Wildman–Crippen MR) is 78.6 cm³/mol. The van der Waals surface area contributed by atoms with Gasteiger partial charge >= 0.3 is 0 Å². The number of rotatable bonds is 5. The van der Waals surface area contributed by atoms with Crippen LogP contribution < -0.4 is 5.32 Å². The van der Waals surface area contributed by atoms with Crippen LogP contribution in [-0.2, 0) is 0 Å². The molecule has 0 radical (unpaired) electrons. The van der Waals surface area contributed by atoms with Crippen molar-refractivity contribution >= 4 is 6.08 Å². The molecule has 1 fully saturated rings. The summed E-state index contributed by atoms with van der Waals surface area (Å²) in [6, 6.07) is 11.2. The van der Waals surface area contributed by atoms with Gasteiger partial charge in [0, 0.05) is 19.1 Å². The Morgan fingerprint density at radius 1 is 1.33 bits per heavy atom. The molecule has 0 spiro atoms. The van der Waals surface area contributed by atoms with E-state index in [1.54, 1.807) is 0 Å².